The summed E-state index contributed by atoms with van der Waals surface area (Å²) in [6.07, 6.45) is -2.64. The second-order valence-electron chi connectivity index (χ2n) is 9.39. The molecule has 0 unspecified atom stereocenters. The lowest BCUT2D eigenvalue weighted by Crippen LogP contribution is -2.43. The first-order valence-electron chi connectivity index (χ1n) is 12.2. The fourth-order valence-electron chi connectivity index (χ4n) is 4.84. The van der Waals surface area contributed by atoms with Crippen LogP contribution in [0, 0.1) is 0 Å². The number of hydrogen-bond acceptors (Lipinski definition) is 5. The van der Waals surface area contributed by atoms with Crippen molar-refractivity contribution in [2.45, 2.75) is 44.8 Å². The van der Waals surface area contributed by atoms with Crippen LogP contribution in [-0.4, -0.2) is 48.2 Å². The van der Waals surface area contributed by atoms with Crippen LogP contribution in [-0.2, 0) is 30.6 Å². The molecule has 0 radical (unpaired) electrons. The van der Waals surface area contributed by atoms with E-state index in [0.717, 1.165) is 37.6 Å². The Morgan fingerprint density at radius 3 is 2.51 bits per heavy atom. The molecule has 0 bridgehead atoms. The van der Waals surface area contributed by atoms with Crippen LogP contribution in [0.25, 0.3) is 10.9 Å². The van der Waals surface area contributed by atoms with Gasteiger partial charge in [0.25, 0.3) is 5.56 Å². The molecule has 0 atom stereocenters. The summed E-state index contributed by atoms with van der Waals surface area (Å²) in [5, 5.41) is 4.00. The number of hydrogen-bond donors (Lipinski definition) is 2. The molecule has 1 aromatic heterocycles. The van der Waals surface area contributed by atoms with Crippen molar-refractivity contribution in [1.29, 1.82) is 0 Å². The Hall–Kier alpha value is -3.21. The van der Waals surface area contributed by atoms with E-state index in [0.29, 0.717) is 42.7 Å². The highest BCUT2D eigenvalue weighted by molar-refractivity contribution is 6.05. The number of carbonyl (C=O) groups is 1. The molecule has 2 heterocycles. The lowest BCUT2D eigenvalue weighted by atomic mass is 10.0. The highest BCUT2D eigenvalue weighted by Crippen LogP contribution is 2.29. The third kappa shape index (κ3) is 6.57. The van der Waals surface area contributed by atoms with E-state index in [1.54, 1.807) is 23.8 Å². The first-order chi connectivity index (χ1) is 17.7. The van der Waals surface area contributed by atoms with E-state index < -0.39 is 17.6 Å². The van der Waals surface area contributed by atoms with Crippen molar-refractivity contribution < 1.29 is 22.7 Å². The van der Waals surface area contributed by atoms with Crippen LogP contribution in [0.3, 0.4) is 0 Å². The lowest BCUT2D eigenvalue weighted by molar-refractivity contribution is -0.137. The summed E-state index contributed by atoms with van der Waals surface area (Å²) in [7, 11) is 1.59. The summed E-state index contributed by atoms with van der Waals surface area (Å²) in [6.45, 7) is 3.48. The zero-order valence-corrected chi connectivity index (χ0v) is 20.7. The highest BCUT2D eigenvalue weighted by Gasteiger charge is 2.30. The van der Waals surface area contributed by atoms with Crippen LogP contribution < -0.4 is 16.6 Å². The van der Waals surface area contributed by atoms with E-state index in [9.17, 15) is 22.8 Å². The number of benzene rings is 2. The smallest absolute Gasteiger partial charge is 0.380 e. The van der Waals surface area contributed by atoms with Crippen LogP contribution in [0.1, 0.15) is 39.9 Å². The number of halogens is 3. The molecule has 1 aliphatic heterocycles. The van der Waals surface area contributed by atoms with Crippen LogP contribution in [0.4, 0.5) is 13.2 Å². The maximum Gasteiger partial charge on any atom is 0.416 e. The van der Waals surface area contributed by atoms with E-state index in [1.807, 2.05) is 12.1 Å². The fraction of sp³-hybridized carbons (Fsp3) is 0.407. The summed E-state index contributed by atoms with van der Waals surface area (Å²) in [6, 6.07) is 12.4. The maximum atomic E-state index is 12.9. The number of likely N-dealkylation sites (tertiary alicyclic amines) is 1. The van der Waals surface area contributed by atoms with Crippen molar-refractivity contribution in [2.75, 3.05) is 26.7 Å². The average molecular weight is 517 g/mol. The SMILES string of the molecule is COCc1ccc2c(C(N)=O)cc(=O)n(CCN3CCC(NCc4cccc(C(F)(F)F)c4)CC3)c2c1. The highest BCUT2D eigenvalue weighted by atomic mass is 19.4. The van der Waals surface area contributed by atoms with Crippen LogP contribution >= 0.6 is 0 Å². The topological polar surface area (TPSA) is 89.6 Å². The minimum Gasteiger partial charge on any atom is -0.380 e. The van der Waals surface area contributed by atoms with E-state index in [1.165, 1.54) is 18.2 Å². The molecule has 3 N–H and O–H groups in total. The number of nitrogens with zero attached hydrogens (tertiary/aromatic N) is 2. The number of methoxy groups -OCH3 is 1. The second kappa shape index (κ2) is 11.5. The standard InChI is InChI=1S/C27H31F3N4O3/c1-37-17-19-5-6-22-23(26(31)36)15-25(35)34(24(22)14-19)12-11-33-9-7-21(8-10-33)32-16-18-3-2-4-20(13-18)27(28,29)30/h2-6,13-15,21,32H,7-12,16-17H2,1H3,(H2,31,36). The number of fused-ring (bicyclic) bond motifs is 1. The number of ether oxygens (including phenoxy) is 1. The molecule has 37 heavy (non-hydrogen) atoms. The molecule has 0 spiro atoms. The molecule has 2 aromatic carbocycles. The number of carbonyl (C=O) groups excluding carboxylic acids is 1. The molecular weight excluding hydrogens is 485 g/mol. The Morgan fingerprint density at radius 1 is 1.08 bits per heavy atom. The monoisotopic (exact) mass is 516 g/mol. The van der Waals surface area contributed by atoms with Crippen molar-refractivity contribution in [3.05, 3.63) is 81.1 Å². The third-order valence-electron chi connectivity index (χ3n) is 6.83. The van der Waals surface area contributed by atoms with Crippen molar-refractivity contribution in [3.63, 3.8) is 0 Å². The van der Waals surface area contributed by atoms with Gasteiger partial charge in [0.15, 0.2) is 0 Å². The van der Waals surface area contributed by atoms with Gasteiger partial charge in [0, 0.05) is 44.2 Å². The van der Waals surface area contributed by atoms with E-state index in [4.69, 9.17) is 10.5 Å². The number of alkyl halides is 3. The number of pyridine rings is 1. The van der Waals surface area contributed by atoms with Gasteiger partial charge < -0.3 is 25.3 Å². The Kier molecular flexibility index (Phi) is 8.31. The van der Waals surface area contributed by atoms with E-state index >= 15 is 0 Å². The predicted molar refractivity (Wildman–Crippen MR) is 135 cm³/mol. The molecule has 3 aromatic rings. The van der Waals surface area contributed by atoms with Gasteiger partial charge in [0.1, 0.15) is 0 Å². The van der Waals surface area contributed by atoms with Crippen LogP contribution in [0.15, 0.2) is 53.3 Å². The van der Waals surface area contributed by atoms with Gasteiger partial charge in [-0.2, -0.15) is 13.2 Å². The van der Waals surface area contributed by atoms with Gasteiger partial charge in [-0.15, -0.1) is 0 Å². The summed E-state index contributed by atoms with van der Waals surface area (Å²) < 4.78 is 45.7. The number of primary amides is 1. The van der Waals surface area contributed by atoms with Gasteiger partial charge >= 0.3 is 6.18 Å². The largest absolute Gasteiger partial charge is 0.416 e. The van der Waals surface area contributed by atoms with E-state index in [-0.39, 0.29) is 17.2 Å². The van der Waals surface area contributed by atoms with Crippen molar-refractivity contribution in [3.8, 4) is 0 Å². The first-order valence-corrected chi connectivity index (χ1v) is 12.2. The molecular formula is C27H31F3N4O3. The molecule has 1 fully saturated rings. The number of aromatic nitrogens is 1. The zero-order chi connectivity index (χ0) is 26.6. The van der Waals surface area contributed by atoms with Gasteiger partial charge in [0.2, 0.25) is 5.91 Å². The summed E-state index contributed by atoms with van der Waals surface area (Å²) in [5.74, 6) is -0.645. The number of nitrogens with one attached hydrogen (secondary N) is 1. The normalized spacial score (nSPS) is 15.4. The number of amides is 1. The molecule has 10 heteroatoms. The zero-order valence-electron chi connectivity index (χ0n) is 20.7. The van der Waals surface area contributed by atoms with Crippen molar-refractivity contribution in [1.82, 2.24) is 14.8 Å². The van der Waals surface area contributed by atoms with Crippen LogP contribution in [0.5, 0.6) is 0 Å². The Bertz CT molecular complexity index is 1310. The fourth-order valence-corrected chi connectivity index (χ4v) is 4.84. The molecule has 1 saturated heterocycles. The minimum absolute atomic E-state index is 0.202. The quantitative estimate of drug-likeness (QED) is 0.454. The van der Waals surface area contributed by atoms with Crippen molar-refractivity contribution >= 4 is 16.8 Å². The molecule has 4 rings (SSSR count). The Morgan fingerprint density at radius 2 is 1.84 bits per heavy atom. The molecule has 198 valence electrons. The molecule has 0 aliphatic carbocycles. The Balaban J connectivity index is 1.37. The Labute approximate surface area is 213 Å². The summed E-state index contributed by atoms with van der Waals surface area (Å²) in [5.41, 5.74) is 6.93. The van der Waals surface area contributed by atoms with E-state index in [2.05, 4.69) is 10.2 Å². The molecule has 0 saturated carbocycles. The second-order valence-corrected chi connectivity index (χ2v) is 9.39. The predicted octanol–water partition coefficient (Wildman–Crippen LogP) is 3.52. The van der Waals surface area contributed by atoms with Crippen molar-refractivity contribution in [2.24, 2.45) is 5.73 Å². The van der Waals surface area contributed by atoms with Crippen LogP contribution in [0.2, 0.25) is 0 Å². The third-order valence-corrected chi connectivity index (χ3v) is 6.83. The molecule has 1 amide bonds. The summed E-state index contributed by atoms with van der Waals surface area (Å²) >= 11 is 0. The van der Waals surface area contributed by atoms with Gasteiger partial charge in [-0.1, -0.05) is 30.3 Å². The lowest BCUT2D eigenvalue weighted by Gasteiger charge is -2.32. The van der Waals surface area contributed by atoms with Gasteiger partial charge in [-0.05, 0) is 49.2 Å². The molecule has 7 nitrogen and oxygen atoms in total. The molecule has 1 aliphatic rings. The van der Waals surface area contributed by atoms with Gasteiger partial charge in [0.05, 0.1) is 23.3 Å². The minimum atomic E-state index is -4.35. The van der Waals surface area contributed by atoms with Gasteiger partial charge in [-0.25, -0.2) is 0 Å². The summed E-state index contributed by atoms with van der Waals surface area (Å²) in [4.78, 5) is 27.1. The number of rotatable bonds is 9. The average Bonchev–Trinajstić information content (AvgIpc) is 2.87. The van der Waals surface area contributed by atoms with Gasteiger partial charge in [-0.3, -0.25) is 9.59 Å². The first kappa shape index (κ1) is 26.8. The number of piperidine rings is 1. The maximum absolute atomic E-state index is 12.9. The number of nitrogens with two attached hydrogens (primary N) is 1.